The fourth-order valence-corrected chi connectivity index (χ4v) is 2.09. The molecule has 112 valence electrons. The SMILES string of the molecule is O=C=NCCOC(=O)C(Cc1c[nH]c2ccccc12)N=C=O. The molecule has 1 aromatic carbocycles. The molecule has 0 fully saturated rings. The van der Waals surface area contributed by atoms with Gasteiger partial charge < -0.3 is 9.72 Å². The Morgan fingerprint density at radius 1 is 1.27 bits per heavy atom. The van der Waals surface area contributed by atoms with E-state index in [0.29, 0.717) is 0 Å². The average molecular weight is 299 g/mol. The van der Waals surface area contributed by atoms with Crippen LogP contribution in [0.5, 0.6) is 0 Å². The van der Waals surface area contributed by atoms with Gasteiger partial charge in [0, 0.05) is 23.5 Å². The topological polar surface area (TPSA) is 101 Å². The molecule has 0 bridgehead atoms. The van der Waals surface area contributed by atoms with Crippen molar-refractivity contribution in [3.8, 4) is 0 Å². The molecule has 1 heterocycles. The zero-order valence-corrected chi connectivity index (χ0v) is 11.6. The van der Waals surface area contributed by atoms with E-state index in [-0.39, 0.29) is 19.6 Å². The lowest BCUT2D eigenvalue weighted by atomic mass is 10.1. The van der Waals surface area contributed by atoms with Crippen LogP contribution < -0.4 is 0 Å². The number of ether oxygens (including phenoxy) is 1. The number of hydrogen-bond acceptors (Lipinski definition) is 6. The molecule has 0 aliphatic carbocycles. The van der Waals surface area contributed by atoms with Crippen molar-refractivity contribution >= 4 is 29.0 Å². The number of isocyanates is 2. The summed E-state index contributed by atoms with van der Waals surface area (Å²) < 4.78 is 4.93. The number of aromatic amines is 1. The maximum absolute atomic E-state index is 11.9. The van der Waals surface area contributed by atoms with Crippen molar-refractivity contribution in [2.24, 2.45) is 9.98 Å². The van der Waals surface area contributed by atoms with Crippen LogP contribution in [0.2, 0.25) is 0 Å². The number of para-hydroxylation sites is 1. The second kappa shape index (κ2) is 7.69. The molecule has 0 saturated carbocycles. The van der Waals surface area contributed by atoms with E-state index in [2.05, 4.69) is 15.0 Å². The molecule has 0 amide bonds. The van der Waals surface area contributed by atoms with E-state index in [1.165, 1.54) is 12.2 Å². The summed E-state index contributed by atoms with van der Waals surface area (Å²) in [4.78, 5) is 42.2. The van der Waals surface area contributed by atoms with E-state index >= 15 is 0 Å². The molecule has 2 aromatic rings. The number of carbonyl (C=O) groups excluding carboxylic acids is 3. The maximum atomic E-state index is 11.9. The smallest absolute Gasteiger partial charge is 0.332 e. The van der Waals surface area contributed by atoms with E-state index < -0.39 is 12.0 Å². The van der Waals surface area contributed by atoms with Gasteiger partial charge in [0.25, 0.3) is 0 Å². The van der Waals surface area contributed by atoms with Gasteiger partial charge in [-0.2, -0.15) is 4.99 Å². The van der Waals surface area contributed by atoms with Crippen LogP contribution in [-0.2, 0) is 25.5 Å². The second-order valence-corrected chi connectivity index (χ2v) is 4.44. The Kier molecular flexibility index (Phi) is 5.37. The minimum atomic E-state index is -0.975. The lowest BCUT2D eigenvalue weighted by Gasteiger charge is -2.09. The Morgan fingerprint density at radius 3 is 2.86 bits per heavy atom. The Morgan fingerprint density at radius 2 is 2.09 bits per heavy atom. The first-order valence-electron chi connectivity index (χ1n) is 6.58. The predicted molar refractivity (Wildman–Crippen MR) is 77.9 cm³/mol. The molecule has 0 spiro atoms. The number of nitrogens with one attached hydrogen (secondary N) is 1. The summed E-state index contributed by atoms with van der Waals surface area (Å²) in [6.07, 6.45) is 4.72. The number of hydrogen-bond donors (Lipinski definition) is 1. The van der Waals surface area contributed by atoms with Crippen LogP contribution in [0.1, 0.15) is 5.56 Å². The normalized spacial score (nSPS) is 11.3. The van der Waals surface area contributed by atoms with Gasteiger partial charge in [-0.25, -0.2) is 19.4 Å². The molecule has 7 heteroatoms. The third kappa shape index (κ3) is 3.76. The Balaban J connectivity index is 2.09. The molecule has 2 rings (SSSR count). The number of aliphatic imine (C=N–C) groups is 2. The highest BCUT2D eigenvalue weighted by Gasteiger charge is 2.21. The zero-order valence-electron chi connectivity index (χ0n) is 11.6. The number of aromatic nitrogens is 1. The van der Waals surface area contributed by atoms with Gasteiger partial charge in [0.1, 0.15) is 6.61 Å². The van der Waals surface area contributed by atoms with Gasteiger partial charge in [-0.3, -0.25) is 0 Å². The summed E-state index contributed by atoms with van der Waals surface area (Å²) >= 11 is 0. The summed E-state index contributed by atoms with van der Waals surface area (Å²) in [5.74, 6) is -0.658. The maximum Gasteiger partial charge on any atom is 0.332 e. The van der Waals surface area contributed by atoms with Crippen molar-refractivity contribution in [2.45, 2.75) is 12.5 Å². The number of H-pyrrole nitrogens is 1. The molecule has 1 aromatic heterocycles. The van der Waals surface area contributed by atoms with Crippen molar-refractivity contribution in [1.82, 2.24) is 4.98 Å². The van der Waals surface area contributed by atoms with E-state index in [9.17, 15) is 14.4 Å². The van der Waals surface area contributed by atoms with Crippen molar-refractivity contribution in [3.05, 3.63) is 36.0 Å². The summed E-state index contributed by atoms with van der Waals surface area (Å²) in [7, 11) is 0. The van der Waals surface area contributed by atoms with E-state index in [1.54, 1.807) is 6.20 Å². The molecule has 1 atom stereocenters. The minimum Gasteiger partial charge on any atom is -0.462 e. The van der Waals surface area contributed by atoms with Gasteiger partial charge in [-0.15, -0.1) is 0 Å². The third-order valence-electron chi connectivity index (χ3n) is 3.08. The molecule has 0 radical (unpaired) electrons. The van der Waals surface area contributed by atoms with Crippen LogP contribution >= 0.6 is 0 Å². The first-order chi connectivity index (χ1) is 10.8. The fourth-order valence-electron chi connectivity index (χ4n) is 2.09. The summed E-state index contributed by atoms with van der Waals surface area (Å²) in [5.41, 5.74) is 1.78. The number of nitrogens with zero attached hydrogens (tertiary/aromatic N) is 2. The molecule has 0 aliphatic rings. The van der Waals surface area contributed by atoms with Crippen molar-refractivity contribution < 1.29 is 19.1 Å². The molecule has 1 unspecified atom stereocenters. The highest BCUT2D eigenvalue weighted by Crippen LogP contribution is 2.20. The fraction of sp³-hybridized carbons (Fsp3) is 0.267. The van der Waals surface area contributed by atoms with E-state index in [4.69, 9.17) is 4.74 Å². The van der Waals surface area contributed by atoms with Crippen molar-refractivity contribution in [3.63, 3.8) is 0 Å². The molecule has 7 nitrogen and oxygen atoms in total. The summed E-state index contributed by atoms with van der Waals surface area (Å²) in [6, 6.07) is 6.62. The van der Waals surface area contributed by atoms with Gasteiger partial charge in [0.05, 0.1) is 6.54 Å². The Bertz CT molecular complexity index is 755. The molecule has 1 N–H and O–H groups in total. The van der Waals surface area contributed by atoms with Gasteiger partial charge in [0.2, 0.25) is 12.2 Å². The first-order valence-corrected chi connectivity index (χ1v) is 6.58. The first kappa shape index (κ1) is 15.4. The molecule has 22 heavy (non-hydrogen) atoms. The molecular formula is C15H13N3O4. The summed E-state index contributed by atoms with van der Waals surface area (Å²) in [6.45, 7) is -0.0350. The minimum absolute atomic E-state index is 0.0276. The number of esters is 1. The Labute approximate surface area is 125 Å². The lowest BCUT2D eigenvalue weighted by molar-refractivity contribution is -0.144. The lowest BCUT2D eigenvalue weighted by Crippen LogP contribution is -2.24. The molecule has 0 aliphatic heterocycles. The molecule has 0 saturated heterocycles. The van der Waals surface area contributed by atoms with Crippen LogP contribution in [0.15, 0.2) is 40.4 Å². The largest absolute Gasteiger partial charge is 0.462 e. The van der Waals surface area contributed by atoms with E-state index in [1.807, 2.05) is 24.3 Å². The number of carbonyl (C=O) groups is 1. The van der Waals surface area contributed by atoms with Crippen molar-refractivity contribution in [1.29, 1.82) is 0 Å². The quantitative estimate of drug-likeness (QED) is 0.360. The van der Waals surface area contributed by atoms with Crippen LogP contribution in [-0.4, -0.2) is 42.3 Å². The summed E-state index contributed by atoms with van der Waals surface area (Å²) in [5, 5.41) is 0.951. The average Bonchev–Trinajstić information content (AvgIpc) is 2.94. The second-order valence-electron chi connectivity index (χ2n) is 4.44. The number of benzene rings is 1. The highest BCUT2D eigenvalue weighted by atomic mass is 16.5. The van der Waals surface area contributed by atoms with Crippen molar-refractivity contribution in [2.75, 3.05) is 13.2 Å². The van der Waals surface area contributed by atoms with Crippen LogP contribution in [0, 0.1) is 0 Å². The van der Waals surface area contributed by atoms with Gasteiger partial charge in [-0.05, 0) is 11.6 Å². The van der Waals surface area contributed by atoms with E-state index in [0.717, 1.165) is 16.5 Å². The standard InChI is InChI=1S/C15H13N3O4/c19-9-16-5-6-22-15(21)14(18-10-20)7-11-8-17-13-4-2-1-3-12(11)13/h1-4,8,14,17H,5-7H2. The van der Waals surface area contributed by atoms with Crippen LogP contribution in [0.4, 0.5) is 0 Å². The van der Waals surface area contributed by atoms with Crippen LogP contribution in [0.25, 0.3) is 10.9 Å². The van der Waals surface area contributed by atoms with Gasteiger partial charge in [-0.1, -0.05) is 18.2 Å². The highest BCUT2D eigenvalue weighted by molar-refractivity contribution is 5.84. The number of fused-ring (bicyclic) bond motifs is 1. The van der Waals surface area contributed by atoms with Gasteiger partial charge >= 0.3 is 5.97 Å². The monoisotopic (exact) mass is 299 g/mol. The predicted octanol–water partition coefficient (Wildman–Crippen LogP) is 1.29. The zero-order chi connectivity index (χ0) is 15.8. The number of rotatable bonds is 7. The van der Waals surface area contributed by atoms with Crippen LogP contribution in [0.3, 0.4) is 0 Å². The van der Waals surface area contributed by atoms with Gasteiger partial charge in [0.15, 0.2) is 6.04 Å². The molecular weight excluding hydrogens is 286 g/mol. The third-order valence-corrected chi connectivity index (χ3v) is 3.08. The Hall–Kier alpha value is -3.01.